The summed E-state index contributed by atoms with van der Waals surface area (Å²) in [5, 5.41) is 12.5. The molecule has 0 aliphatic rings. The number of nitrogens with one attached hydrogen (secondary N) is 1. The molecule has 1 amide bonds. The zero-order valence-corrected chi connectivity index (χ0v) is 11.4. The Hall–Kier alpha value is -2.49. The average Bonchev–Trinajstić information content (AvgIpc) is 2.41. The van der Waals surface area contributed by atoms with Crippen LogP contribution in [0.2, 0.25) is 0 Å². The maximum atomic E-state index is 12.0. The smallest absolute Gasteiger partial charge is 0.228 e. The number of anilines is 2. The minimum absolute atomic E-state index is 0.0723. The Bertz CT molecular complexity index is 624. The highest BCUT2D eigenvalue weighted by Gasteiger charge is 2.08. The van der Waals surface area contributed by atoms with Crippen LogP contribution in [-0.4, -0.2) is 11.0 Å². The van der Waals surface area contributed by atoms with Crippen molar-refractivity contribution in [1.82, 2.24) is 0 Å². The first-order chi connectivity index (χ1) is 9.58. The highest BCUT2D eigenvalue weighted by Crippen LogP contribution is 2.24. The zero-order valence-electron chi connectivity index (χ0n) is 11.4. The predicted octanol–water partition coefficient (Wildman–Crippen LogP) is 2.72. The zero-order chi connectivity index (χ0) is 14.5. The minimum Gasteiger partial charge on any atom is -0.506 e. The van der Waals surface area contributed by atoms with Gasteiger partial charge >= 0.3 is 0 Å². The summed E-state index contributed by atoms with van der Waals surface area (Å²) < 4.78 is 0. The molecule has 0 radical (unpaired) electrons. The van der Waals surface area contributed by atoms with E-state index in [1.165, 1.54) is 0 Å². The largest absolute Gasteiger partial charge is 0.506 e. The van der Waals surface area contributed by atoms with Crippen LogP contribution in [-0.2, 0) is 17.6 Å². The van der Waals surface area contributed by atoms with E-state index in [4.69, 9.17) is 5.73 Å². The lowest BCUT2D eigenvalue weighted by Gasteiger charge is -2.09. The first-order valence-electron chi connectivity index (χ1n) is 6.54. The Labute approximate surface area is 118 Å². The van der Waals surface area contributed by atoms with E-state index in [1.807, 2.05) is 25.1 Å². The normalized spacial score (nSPS) is 10.2. The minimum atomic E-state index is -0.181. The van der Waals surface area contributed by atoms with E-state index in [0.717, 1.165) is 17.5 Å². The van der Waals surface area contributed by atoms with E-state index >= 15 is 0 Å². The second-order valence-corrected chi connectivity index (χ2v) is 4.68. The van der Waals surface area contributed by atoms with Gasteiger partial charge in [-0.1, -0.05) is 25.1 Å². The Morgan fingerprint density at radius 2 is 2.00 bits per heavy atom. The Kier molecular flexibility index (Phi) is 4.25. The van der Waals surface area contributed by atoms with Gasteiger partial charge in [-0.15, -0.1) is 0 Å². The number of hydrogen-bond donors (Lipinski definition) is 3. The maximum Gasteiger partial charge on any atom is 0.228 e. The van der Waals surface area contributed by atoms with Crippen molar-refractivity contribution < 1.29 is 9.90 Å². The molecule has 0 fully saturated rings. The standard InChI is InChI=1S/C16H18N2O2/c1-2-11-6-7-15(19)14(9-11)18-16(20)10-12-4-3-5-13(17)8-12/h3-9,19H,2,10,17H2,1H3,(H,18,20). The van der Waals surface area contributed by atoms with Crippen molar-refractivity contribution in [1.29, 1.82) is 0 Å². The van der Waals surface area contributed by atoms with Crippen molar-refractivity contribution in [2.75, 3.05) is 11.1 Å². The Morgan fingerprint density at radius 3 is 2.70 bits per heavy atom. The molecule has 0 spiro atoms. The SMILES string of the molecule is CCc1ccc(O)c(NC(=O)Cc2cccc(N)c2)c1. The number of rotatable bonds is 4. The molecule has 0 aliphatic heterocycles. The summed E-state index contributed by atoms with van der Waals surface area (Å²) in [4.78, 5) is 12.0. The molecule has 2 aromatic carbocycles. The molecule has 4 N–H and O–H groups in total. The van der Waals surface area contributed by atoms with Gasteiger partial charge in [-0.05, 0) is 41.8 Å². The molecule has 0 aliphatic carbocycles. The molecule has 4 nitrogen and oxygen atoms in total. The summed E-state index contributed by atoms with van der Waals surface area (Å²) in [7, 11) is 0. The number of amides is 1. The van der Waals surface area contributed by atoms with Crippen LogP contribution in [0.15, 0.2) is 42.5 Å². The molecule has 0 saturated heterocycles. The van der Waals surface area contributed by atoms with Crippen molar-refractivity contribution in [3.8, 4) is 5.75 Å². The number of nitrogens with two attached hydrogens (primary N) is 1. The van der Waals surface area contributed by atoms with Crippen LogP contribution in [0, 0.1) is 0 Å². The van der Waals surface area contributed by atoms with Crippen LogP contribution in [0.4, 0.5) is 11.4 Å². The second kappa shape index (κ2) is 6.10. The molecular weight excluding hydrogens is 252 g/mol. The summed E-state index contributed by atoms with van der Waals surface area (Å²) in [6, 6.07) is 12.4. The van der Waals surface area contributed by atoms with Crippen LogP contribution in [0.3, 0.4) is 0 Å². The van der Waals surface area contributed by atoms with E-state index in [-0.39, 0.29) is 18.1 Å². The number of hydrogen-bond acceptors (Lipinski definition) is 3. The predicted molar refractivity (Wildman–Crippen MR) is 80.7 cm³/mol. The van der Waals surface area contributed by atoms with Gasteiger partial charge in [-0.3, -0.25) is 4.79 Å². The van der Waals surface area contributed by atoms with Crippen LogP contribution >= 0.6 is 0 Å². The molecule has 2 rings (SSSR count). The number of phenolic OH excluding ortho intramolecular Hbond substituents is 1. The van der Waals surface area contributed by atoms with Crippen LogP contribution in [0.25, 0.3) is 0 Å². The van der Waals surface area contributed by atoms with Gasteiger partial charge in [-0.25, -0.2) is 0 Å². The number of phenols is 1. The van der Waals surface area contributed by atoms with Gasteiger partial charge in [0, 0.05) is 5.69 Å². The highest BCUT2D eigenvalue weighted by atomic mass is 16.3. The number of aromatic hydroxyl groups is 1. The van der Waals surface area contributed by atoms with Gasteiger partial charge in [0.15, 0.2) is 0 Å². The lowest BCUT2D eigenvalue weighted by atomic mass is 10.1. The number of carbonyl (C=O) groups excluding carboxylic acids is 1. The molecule has 0 heterocycles. The summed E-state index contributed by atoms with van der Waals surface area (Å²) in [6.45, 7) is 2.02. The number of carbonyl (C=O) groups is 1. The van der Waals surface area contributed by atoms with Crippen molar-refractivity contribution in [2.45, 2.75) is 19.8 Å². The van der Waals surface area contributed by atoms with Crippen LogP contribution in [0.5, 0.6) is 5.75 Å². The fraction of sp³-hybridized carbons (Fsp3) is 0.188. The number of nitrogen functional groups attached to an aromatic ring is 1. The topological polar surface area (TPSA) is 75.3 Å². The first kappa shape index (κ1) is 13.9. The second-order valence-electron chi connectivity index (χ2n) is 4.68. The van der Waals surface area contributed by atoms with E-state index < -0.39 is 0 Å². The van der Waals surface area contributed by atoms with Gasteiger partial charge in [-0.2, -0.15) is 0 Å². The maximum absolute atomic E-state index is 12.0. The molecule has 2 aromatic rings. The fourth-order valence-corrected chi connectivity index (χ4v) is 1.99. The molecular formula is C16H18N2O2. The van der Waals surface area contributed by atoms with Crippen molar-refractivity contribution in [2.24, 2.45) is 0 Å². The molecule has 0 aromatic heterocycles. The summed E-state index contributed by atoms with van der Waals surface area (Å²) >= 11 is 0. The summed E-state index contributed by atoms with van der Waals surface area (Å²) in [6.07, 6.45) is 1.07. The van der Waals surface area contributed by atoms with Gasteiger partial charge < -0.3 is 16.2 Å². The number of benzene rings is 2. The lowest BCUT2D eigenvalue weighted by molar-refractivity contribution is -0.115. The van der Waals surface area contributed by atoms with Gasteiger partial charge in [0.1, 0.15) is 5.75 Å². The van der Waals surface area contributed by atoms with Gasteiger partial charge in [0.2, 0.25) is 5.91 Å². The summed E-state index contributed by atoms with van der Waals surface area (Å²) in [5.41, 5.74) is 8.65. The average molecular weight is 270 g/mol. The molecule has 0 saturated carbocycles. The van der Waals surface area contributed by atoms with Crippen LogP contribution < -0.4 is 11.1 Å². The molecule has 0 unspecified atom stereocenters. The van der Waals surface area contributed by atoms with Gasteiger partial charge in [0.25, 0.3) is 0 Å². The third kappa shape index (κ3) is 3.51. The van der Waals surface area contributed by atoms with Crippen molar-refractivity contribution >= 4 is 17.3 Å². The van der Waals surface area contributed by atoms with E-state index in [1.54, 1.807) is 24.3 Å². The van der Waals surface area contributed by atoms with E-state index in [2.05, 4.69) is 5.32 Å². The van der Waals surface area contributed by atoms with E-state index in [0.29, 0.717) is 11.4 Å². The first-order valence-corrected chi connectivity index (χ1v) is 6.54. The van der Waals surface area contributed by atoms with Crippen molar-refractivity contribution in [3.63, 3.8) is 0 Å². The third-order valence-electron chi connectivity index (χ3n) is 3.06. The molecule has 4 heteroatoms. The third-order valence-corrected chi connectivity index (χ3v) is 3.06. The van der Waals surface area contributed by atoms with Crippen LogP contribution in [0.1, 0.15) is 18.1 Å². The molecule has 0 bridgehead atoms. The Morgan fingerprint density at radius 1 is 1.20 bits per heavy atom. The molecule has 104 valence electrons. The monoisotopic (exact) mass is 270 g/mol. The van der Waals surface area contributed by atoms with Gasteiger partial charge in [0.05, 0.1) is 12.1 Å². The molecule has 20 heavy (non-hydrogen) atoms. The lowest BCUT2D eigenvalue weighted by Crippen LogP contribution is -2.14. The van der Waals surface area contributed by atoms with Crippen molar-refractivity contribution in [3.05, 3.63) is 53.6 Å². The summed E-state index contributed by atoms with van der Waals surface area (Å²) in [5.74, 6) is -0.109. The number of aryl methyl sites for hydroxylation is 1. The van der Waals surface area contributed by atoms with E-state index in [9.17, 15) is 9.90 Å². The molecule has 0 atom stereocenters. The highest BCUT2D eigenvalue weighted by molar-refractivity contribution is 5.93. The fourth-order valence-electron chi connectivity index (χ4n) is 1.99. The quantitative estimate of drug-likeness (QED) is 0.590. The Balaban J connectivity index is 2.08.